The van der Waals surface area contributed by atoms with Gasteiger partial charge in [-0.25, -0.2) is 4.39 Å². The molecule has 104 valence electrons. The van der Waals surface area contributed by atoms with Gasteiger partial charge in [-0.3, -0.25) is 4.79 Å². The van der Waals surface area contributed by atoms with Gasteiger partial charge in [0.05, 0.1) is 12.4 Å². The summed E-state index contributed by atoms with van der Waals surface area (Å²) in [5.41, 5.74) is 1.28. The number of hydrogen-bond donors (Lipinski definition) is 2. The summed E-state index contributed by atoms with van der Waals surface area (Å²) in [6, 6.07) is 13.1. The van der Waals surface area contributed by atoms with Crippen molar-refractivity contribution in [2.24, 2.45) is 0 Å². The van der Waals surface area contributed by atoms with E-state index < -0.39 is 0 Å². The van der Waals surface area contributed by atoms with Crippen LogP contribution in [0.15, 0.2) is 53.4 Å². The number of rotatable bonds is 5. The second kappa shape index (κ2) is 7.07. The van der Waals surface area contributed by atoms with Crippen LogP contribution in [-0.2, 0) is 11.4 Å². The lowest BCUT2D eigenvalue weighted by Crippen LogP contribution is -2.13. The van der Waals surface area contributed by atoms with E-state index in [4.69, 9.17) is 5.11 Å². The lowest BCUT2D eigenvalue weighted by molar-refractivity contribution is -0.113. The normalized spacial score (nSPS) is 10.3. The molecule has 0 radical (unpaired) electrons. The molecular formula is C15H14FNO2S. The van der Waals surface area contributed by atoms with E-state index in [-0.39, 0.29) is 24.1 Å². The number of benzene rings is 2. The van der Waals surface area contributed by atoms with Crippen molar-refractivity contribution in [2.45, 2.75) is 11.5 Å². The van der Waals surface area contributed by atoms with Crippen LogP contribution in [0.5, 0.6) is 0 Å². The second-order valence-electron chi connectivity index (χ2n) is 4.15. The van der Waals surface area contributed by atoms with Gasteiger partial charge in [0.25, 0.3) is 0 Å². The standard InChI is InChI=1S/C15H14FNO2S/c16-12-2-1-3-13(8-12)17-15(19)10-20-14-6-4-11(9-18)5-7-14/h1-8,18H,9-10H2,(H,17,19). The minimum Gasteiger partial charge on any atom is -0.392 e. The maximum absolute atomic E-state index is 13.0. The van der Waals surface area contributed by atoms with Crippen molar-refractivity contribution in [3.63, 3.8) is 0 Å². The van der Waals surface area contributed by atoms with Crippen molar-refractivity contribution in [3.05, 3.63) is 59.9 Å². The maximum atomic E-state index is 13.0. The first-order valence-corrected chi connectivity index (χ1v) is 7.04. The molecule has 0 fully saturated rings. The van der Waals surface area contributed by atoms with Gasteiger partial charge in [-0.15, -0.1) is 11.8 Å². The number of carbonyl (C=O) groups is 1. The van der Waals surface area contributed by atoms with Crippen molar-refractivity contribution >= 4 is 23.4 Å². The summed E-state index contributed by atoms with van der Waals surface area (Å²) in [6.45, 7) is 0.00496. The Morgan fingerprint density at radius 1 is 1.20 bits per heavy atom. The van der Waals surface area contributed by atoms with Gasteiger partial charge in [-0.2, -0.15) is 0 Å². The fourth-order valence-electron chi connectivity index (χ4n) is 1.60. The van der Waals surface area contributed by atoms with Crippen LogP contribution in [-0.4, -0.2) is 16.8 Å². The third kappa shape index (κ3) is 4.36. The van der Waals surface area contributed by atoms with Crippen LogP contribution in [0, 0.1) is 5.82 Å². The molecule has 0 unspecified atom stereocenters. The Hall–Kier alpha value is -1.85. The van der Waals surface area contributed by atoms with E-state index in [2.05, 4.69) is 5.32 Å². The van der Waals surface area contributed by atoms with Crippen molar-refractivity contribution in [2.75, 3.05) is 11.1 Å². The number of thioether (sulfide) groups is 1. The van der Waals surface area contributed by atoms with Crippen LogP contribution >= 0.6 is 11.8 Å². The Bertz CT molecular complexity index is 587. The topological polar surface area (TPSA) is 49.3 Å². The summed E-state index contributed by atoms with van der Waals surface area (Å²) in [7, 11) is 0. The zero-order valence-electron chi connectivity index (χ0n) is 10.7. The summed E-state index contributed by atoms with van der Waals surface area (Å²) >= 11 is 1.38. The van der Waals surface area contributed by atoms with Gasteiger partial charge in [0.15, 0.2) is 0 Å². The second-order valence-corrected chi connectivity index (χ2v) is 5.20. The minimum atomic E-state index is -0.380. The molecule has 5 heteroatoms. The summed E-state index contributed by atoms with van der Waals surface area (Å²) < 4.78 is 13.0. The third-order valence-electron chi connectivity index (χ3n) is 2.58. The summed E-state index contributed by atoms with van der Waals surface area (Å²) in [5.74, 6) is -0.323. The van der Waals surface area contributed by atoms with E-state index in [0.29, 0.717) is 5.69 Å². The number of hydrogen-bond acceptors (Lipinski definition) is 3. The van der Waals surface area contributed by atoms with Crippen LogP contribution < -0.4 is 5.32 Å². The van der Waals surface area contributed by atoms with E-state index in [1.54, 1.807) is 12.1 Å². The smallest absolute Gasteiger partial charge is 0.234 e. The molecular weight excluding hydrogens is 277 g/mol. The van der Waals surface area contributed by atoms with Crippen molar-refractivity contribution in [1.82, 2.24) is 0 Å². The largest absolute Gasteiger partial charge is 0.392 e. The summed E-state index contributed by atoms with van der Waals surface area (Å²) in [4.78, 5) is 12.7. The molecule has 0 aliphatic heterocycles. The molecule has 0 heterocycles. The van der Waals surface area contributed by atoms with Gasteiger partial charge < -0.3 is 10.4 Å². The lowest BCUT2D eigenvalue weighted by Gasteiger charge is -2.05. The van der Waals surface area contributed by atoms with Crippen LogP contribution in [0.3, 0.4) is 0 Å². The predicted octanol–water partition coefficient (Wildman–Crippen LogP) is 3.05. The van der Waals surface area contributed by atoms with E-state index in [1.165, 1.54) is 23.9 Å². The highest BCUT2D eigenvalue weighted by Crippen LogP contribution is 2.19. The molecule has 2 rings (SSSR count). The molecule has 0 atom stereocenters. The molecule has 0 aromatic heterocycles. The zero-order chi connectivity index (χ0) is 14.4. The van der Waals surface area contributed by atoms with Crippen molar-refractivity contribution in [1.29, 1.82) is 0 Å². The van der Waals surface area contributed by atoms with Crippen LogP contribution in [0.25, 0.3) is 0 Å². The van der Waals surface area contributed by atoms with Gasteiger partial charge in [0.1, 0.15) is 5.82 Å². The number of aliphatic hydroxyl groups is 1. The van der Waals surface area contributed by atoms with Gasteiger partial charge >= 0.3 is 0 Å². The van der Waals surface area contributed by atoms with Crippen molar-refractivity contribution < 1.29 is 14.3 Å². The Balaban J connectivity index is 1.85. The molecule has 0 saturated carbocycles. The third-order valence-corrected chi connectivity index (χ3v) is 3.60. The first-order valence-electron chi connectivity index (χ1n) is 6.05. The summed E-state index contributed by atoms with van der Waals surface area (Å²) in [5, 5.41) is 11.6. The Morgan fingerprint density at radius 3 is 2.60 bits per heavy atom. The molecule has 2 N–H and O–H groups in total. The lowest BCUT2D eigenvalue weighted by atomic mass is 10.2. The molecule has 0 bridgehead atoms. The molecule has 0 aliphatic carbocycles. The van der Waals surface area contributed by atoms with Crippen LogP contribution in [0.4, 0.5) is 10.1 Å². The van der Waals surface area contributed by atoms with E-state index in [9.17, 15) is 9.18 Å². The number of nitrogens with one attached hydrogen (secondary N) is 1. The number of anilines is 1. The molecule has 2 aromatic rings. The maximum Gasteiger partial charge on any atom is 0.234 e. The number of aliphatic hydroxyl groups excluding tert-OH is 1. The van der Waals surface area contributed by atoms with Gasteiger partial charge in [0, 0.05) is 10.6 Å². The number of carbonyl (C=O) groups excluding carboxylic acids is 1. The molecule has 2 aromatic carbocycles. The quantitative estimate of drug-likeness (QED) is 0.832. The van der Waals surface area contributed by atoms with Gasteiger partial charge in [-0.05, 0) is 35.9 Å². The first-order chi connectivity index (χ1) is 9.67. The van der Waals surface area contributed by atoms with Crippen molar-refractivity contribution in [3.8, 4) is 0 Å². The highest BCUT2D eigenvalue weighted by molar-refractivity contribution is 8.00. The average Bonchev–Trinajstić information content (AvgIpc) is 2.46. The fraction of sp³-hybridized carbons (Fsp3) is 0.133. The molecule has 0 saturated heterocycles. The molecule has 3 nitrogen and oxygen atoms in total. The Labute approximate surface area is 120 Å². The average molecular weight is 291 g/mol. The van der Waals surface area contributed by atoms with Gasteiger partial charge in [-0.1, -0.05) is 18.2 Å². The number of amides is 1. The van der Waals surface area contributed by atoms with E-state index >= 15 is 0 Å². The predicted molar refractivity (Wildman–Crippen MR) is 78.1 cm³/mol. The highest BCUT2D eigenvalue weighted by Gasteiger charge is 2.04. The molecule has 20 heavy (non-hydrogen) atoms. The van der Waals surface area contributed by atoms with E-state index in [0.717, 1.165) is 10.5 Å². The summed E-state index contributed by atoms with van der Waals surface area (Å²) in [6.07, 6.45) is 0. The number of halogens is 1. The first kappa shape index (κ1) is 14.6. The monoisotopic (exact) mass is 291 g/mol. The van der Waals surface area contributed by atoms with Gasteiger partial charge in [0.2, 0.25) is 5.91 Å². The van der Waals surface area contributed by atoms with Crippen LogP contribution in [0.2, 0.25) is 0 Å². The SMILES string of the molecule is O=C(CSc1ccc(CO)cc1)Nc1cccc(F)c1. The minimum absolute atomic E-state index is 0.00496. The zero-order valence-corrected chi connectivity index (χ0v) is 11.5. The molecule has 1 amide bonds. The van der Waals surface area contributed by atoms with E-state index in [1.807, 2.05) is 24.3 Å². The Kier molecular flexibility index (Phi) is 5.15. The van der Waals surface area contributed by atoms with Crippen LogP contribution in [0.1, 0.15) is 5.56 Å². The Morgan fingerprint density at radius 2 is 1.95 bits per heavy atom. The molecule has 0 aliphatic rings. The highest BCUT2D eigenvalue weighted by atomic mass is 32.2. The fourth-order valence-corrected chi connectivity index (χ4v) is 2.30. The molecule has 0 spiro atoms.